The van der Waals surface area contributed by atoms with Crippen LogP contribution >= 0.6 is 0 Å². The van der Waals surface area contributed by atoms with E-state index in [-0.39, 0.29) is 18.6 Å². The third-order valence-electron chi connectivity index (χ3n) is 3.44. The van der Waals surface area contributed by atoms with Gasteiger partial charge in [-0.1, -0.05) is 13.8 Å². The van der Waals surface area contributed by atoms with E-state index in [2.05, 4.69) is 27.5 Å². The summed E-state index contributed by atoms with van der Waals surface area (Å²) < 4.78 is 1.95. The molecule has 0 aliphatic rings. The number of rotatable bonds is 7. The molecule has 0 fully saturated rings. The van der Waals surface area contributed by atoms with E-state index in [4.69, 9.17) is 0 Å². The summed E-state index contributed by atoms with van der Waals surface area (Å²) in [6.07, 6.45) is 6.64. The van der Waals surface area contributed by atoms with E-state index in [0.29, 0.717) is 0 Å². The molecule has 2 rings (SSSR count). The van der Waals surface area contributed by atoms with Crippen LogP contribution in [0.25, 0.3) is 5.65 Å². The first-order valence-corrected chi connectivity index (χ1v) is 7.10. The van der Waals surface area contributed by atoms with Crippen LogP contribution < -0.4 is 10.6 Å². The third kappa shape index (κ3) is 3.19. The van der Waals surface area contributed by atoms with Gasteiger partial charge >= 0.3 is 0 Å². The molecule has 2 heterocycles. The number of aliphatic hydroxyl groups is 1. The molecule has 0 amide bonds. The molecule has 2 aromatic rings. The van der Waals surface area contributed by atoms with Gasteiger partial charge < -0.3 is 20.1 Å². The Balaban J connectivity index is 2.27. The highest BCUT2D eigenvalue weighted by Crippen LogP contribution is 2.19. The molecule has 2 aromatic heterocycles. The van der Waals surface area contributed by atoms with Crippen LogP contribution in [0.4, 0.5) is 11.6 Å². The highest BCUT2D eigenvalue weighted by atomic mass is 16.3. The van der Waals surface area contributed by atoms with Crippen LogP contribution in [0.2, 0.25) is 0 Å². The van der Waals surface area contributed by atoms with Crippen molar-refractivity contribution in [3.05, 3.63) is 18.6 Å². The van der Waals surface area contributed by atoms with Crippen molar-refractivity contribution >= 4 is 17.3 Å². The minimum Gasteiger partial charge on any atom is -0.396 e. The van der Waals surface area contributed by atoms with Gasteiger partial charge in [0.15, 0.2) is 11.5 Å². The zero-order valence-corrected chi connectivity index (χ0v) is 12.3. The molecule has 0 aliphatic carbocycles. The number of anilines is 2. The summed E-state index contributed by atoms with van der Waals surface area (Å²) in [6.45, 7) is 7.18. The fraction of sp³-hybridized carbons (Fsp3) is 0.571. The van der Waals surface area contributed by atoms with E-state index < -0.39 is 0 Å². The molecule has 2 unspecified atom stereocenters. The molecule has 0 aliphatic heterocycles. The number of nitrogens with zero attached hydrogens (tertiary/aromatic N) is 3. The normalized spacial score (nSPS) is 14.2. The number of imidazole rings is 1. The molecular weight excluding hydrogens is 254 g/mol. The number of aromatic nitrogens is 3. The first-order chi connectivity index (χ1) is 9.65. The Labute approximate surface area is 119 Å². The standard InChI is InChI=1S/C14H23N5O/c1-4-5-15-12-8-19-7-6-16-14(19)13(18-12)17-11(3)10(2)9-20/h6-8,10-11,15,20H,4-5,9H2,1-3H3,(H,17,18). The van der Waals surface area contributed by atoms with Gasteiger partial charge in [0.2, 0.25) is 0 Å². The van der Waals surface area contributed by atoms with Crippen LogP contribution in [0.3, 0.4) is 0 Å². The number of hydrogen-bond donors (Lipinski definition) is 3. The largest absolute Gasteiger partial charge is 0.396 e. The van der Waals surface area contributed by atoms with E-state index in [1.54, 1.807) is 6.20 Å². The molecule has 0 radical (unpaired) electrons. The number of nitrogens with one attached hydrogen (secondary N) is 2. The molecule has 2 atom stereocenters. The molecular formula is C14H23N5O. The predicted molar refractivity (Wildman–Crippen MR) is 81.1 cm³/mol. The Bertz CT molecular complexity index is 553. The summed E-state index contributed by atoms with van der Waals surface area (Å²) in [5.41, 5.74) is 0.795. The fourth-order valence-corrected chi connectivity index (χ4v) is 1.88. The molecule has 0 spiro atoms. The van der Waals surface area contributed by atoms with Gasteiger partial charge in [0.05, 0.1) is 6.20 Å². The third-order valence-corrected chi connectivity index (χ3v) is 3.44. The van der Waals surface area contributed by atoms with Crippen LogP contribution in [0.5, 0.6) is 0 Å². The fourth-order valence-electron chi connectivity index (χ4n) is 1.88. The van der Waals surface area contributed by atoms with Crippen LogP contribution in [0.15, 0.2) is 18.6 Å². The average Bonchev–Trinajstić information content (AvgIpc) is 2.92. The maximum Gasteiger partial charge on any atom is 0.180 e. The van der Waals surface area contributed by atoms with E-state index in [1.807, 2.05) is 30.6 Å². The first-order valence-electron chi connectivity index (χ1n) is 7.10. The maximum absolute atomic E-state index is 9.23. The summed E-state index contributed by atoms with van der Waals surface area (Å²) >= 11 is 0. The second kappa shape index (κ2) is 6.56. The van der Waals surface area contributed by atoms with E-state index in [0.717, 1.165) is 30.2 Å². The number of fused-ring (bicyclic) bond motifs is 1. The van der Waals surface area contributed by atoms with Crippen molar-refractivity contribution in [1.82, 2.24) is 14.4 Å². The highest BCUT2D eigenvalue weighted by Gasteiger charge is 2.14. The quantitative estimate of drug-likeness (QED) is 0.721. The zero-order valence-electron chi connectivity index (χ0n) is 12.3. The Kier molecular flexibility index (Phi) is 4.79. The monoisotopic (exact) mass is 277 g/mol. The SMILES string of the molecule is CCCNc1cn2ccnc2c(NC(C)C(C)CO)n1. The van der Waals surface area contributed by atoms with Crippen molar-refractivity contribution in [3.8, 4) is 0 Å². The zero-order chi connectivity index (χ0) is 14.5. The van der Waals surface area contributed by atoms with Crippen molar-refractivity contribution in [1.29, 1.82) is 0 Å². The van der Waals surface area contributed by atoms with Gasteiger partial charge in [0, 0.05) is 31.6 Å². The van der Waals surface area contributed by atoms with Crippen molar-refractivity contribution < 1.29 is 5.11 Å². The van der Waals surface area contributed by atoms with Gasteiger partial charge in [-0.2, -0.15) is 0 Å². The summed E-state index contributed by atoms with van der Waals surface area (Å²) in [4.78, 5) is 8.91. The summed E-state index contributed by atoms with van der Waals surface area (Å²) in [5, 5.41) is 15.9. The average molecular weight is 277 g/mol. The molecule has 6 heteroatoms. The second-order valence-electron chi connectivity index (χ2n) is 5.15. The van der Waals surface area contributed by atoms with E-state index >= 15 is 0 Å². The molecule has 3 N–H and O–H groups in total. The molecule has 0 aromatic carbocycles. The van der Waals surface area contributed by atoms with Crippen LogP contribution in [0.1, 0.15) is 27.2 Å². The van der Waals surface area contributed by atoms with Crippen molar-refractivity contribution in [2.75, 3.05) is 23.8 Å². The lowest BCUT2D eigenvalue weighted by atomic mass is 10.1. The minimum absolute atomic E-state index is 0.120. The summed E-state index contributed by atoms with van der Waals surface area (Å²) in [7, 11) is 0. The van der Waals surface area contributed by atoms with Gasteiger partial charge in [-0.15, -0.1) is 0 Å². The van der Waals surface area contributed by atoms with Crippen LogP contribution in [0, 0.1) is 5.92 Å². The summed E-state index contributed by atoms with van der Waals surface area (Å²) in [6, 6.07) is 0.120. The Morgan fingerprint density at radius 3 is 2.90 bits per heavy atom. The molecule has 110 valence electrons. The van der Waals surface area contributed by atoms with Gasteiger partial charge in [0.1, 0.15) is 5.82 Å². The van der Waals surface area contributed by atoms with Gasteiger partial charge in [-0.25, -0.2) is 9.97 Å². The van der Waals surface area contributed by atoms with Gasteiger partial charge in [0.25, 0.3) is 0 Å². The number of aliphatic hydroxyl groups excluding tert-OH is 1. The van der Waals surface area contributed by atoms with Gasteiger partial charge in [-0.05, 0) is 19.3 Å². The van der Waals surface area contributed by atoms with Crippen molar-refractivity contribution in [2.24, 2.45) is 5.92 Å². The minimum atomic E-state index is 0.120. The van der Waals surface area contributed by atoms with E-state index in [9.17, 15) is 5.11 Å². The lowest BCUT2D eigenvalue weighted by molar-refractivity contribution is 0.226. The predicted octanol–water partition coefficient (Wildman–Crippen LogP) is 1.98. The van der Waals surface area contributed by atoms with Crippen LogP contribution in [-0.2, 0) is 0 Å². The first kappa shape index (κ1) is 14.6. The molecule has 0 saturated carbocycles. The van der Waals surface area contributed by atoms with Crippen molar-refractivity contribution in [3.63, 3.8) is 0 Å². The number of hydrogen-bond acceptors (Lipinski definition) is 5. The maximum atomic E-state index is 9.23. The lowest BCUT2D eigenvalue weighted by Crippen LogP contribution is -2.27. The lowest BCUT2D eigenvalue weighted by Gasteiger charge is -2.20. The summed E-state index contributed by atoms with van der Waals surface area (Å²) in [5.74, 6) is 1.71. The molecule has 6 nitrogen and oxygen atoms in total. The van der Waals surface area contributed by atoms with Crippen LogP contribution in [-0.4, -0.2) is 38.7 Å². The topological polar surface area (TPSA) is 74.5 Å². The van der Waals surface area contributed by atoms with Crippen molar-refractivity contribution in [2.45, 2.75) is 33.2 Å². The molecule has 20 heavy (non-hydrogen) atoms. The Morgan fingerprint density at radius 1 is 1.40 bits per heavy atom. The Hall–Kier alpha value is -1.82. The molecule has 0 bridgehead atoms. The smallest absolute Gasteiger partial charge is 0.180 e. The Morgan fingerprint density at radius 2 is 2.20 bits per heavy atom. The molecule has 0 saturated heterocycles. The highest BCUT2D eigenvalue weighted by molar-refractivity contribution is 5.65. The van der Waals surface area contributed by atoms with Gasteiger partial charge in [-0.3, -0.25) is 0 Å². The van der Waals surface area contributed by atoms with E-state index in [1.165, 1.54) is 0 Å². The second-order valence-corrected chi connectivity index (χ2v) is 5.15.